The van der Waals surface area contributed by atoms with Crippen molar-refractivity contribution in [3.63, 3.8) is 0 Å². The highest BCUT2D eigenvalue weighted by Crippen LogP contribution is 2.49. The Balaban J connectivity index is 1.49. The lowest BCUT2D eigenvalue weighted by molar-refractivity contribution is 0.247. The fourth-order valence-corrected chi connectivity index (χ4v) is 5.11. The number of aromatic nitrogens is 2. The molecule has 3 aromatic rings. The van der Waals surface area contributed by atoms with Gasteiger partial charge in [-0.15, -0.1) is 0 Å². The lowest BCUT2D eigenvalue weighted by Gasteiger charge is -2.44. The summed E-state index contributed by atoms with van der Waals surface area (Å²) in [4.78, 5) is 4.39. The Morgan fingerprint density at radius 2 is 2.07 bits per heavy atom. The van der Waals surface area contributed by atoms with E-state index in [9.17, 15) is 0 Å². The van der Waals surface area contributed by atoms with Crippen molar-refractivity contribution in [1.82, 2.24) is 15.5 Å². The first kappa shape index (κ1) is 15.2. The summed E-state index contributed by atoms with van der Waals surface area (Å²) in [5.74, 6) is 1.16. The molecule has 6 nitrogen and oxygen atoms in total. The Hall–Kier alpha value is -2.86. The number of piperidine rings is 1. The number of benzene rings is 2. The van der Waals surface area contributed by atoms with Crippen molar-refractivity contribution in [2.75, 3.05) is 11.9 Å². The van der Waals surface area contributed by atoms with Crippen molar-refractivity contribution < 1.29 is 0 Å². The van der Waals surface area contributed by atoms with E-state index in [2.05, 4.69) is 56.2 Å². The summed E-state index contributed by atoms with van der Waals surface area (Å²) >= 11 is 0. The van der Waals surface area contributed by atoms with E-state index in [1.165, 1.54) is 40.6 Å². The number of anilines is 1. The number of nitrogens with one attached hydrogen (secondary N) is 3. The summed E-state index contributed by atoms with van der Waals surface area (Å²) in [5.41, 5.74) is 13.4. The minimum Gasteiger partial charge on any atom is -0.383 e. The van der Waals surface area contributed by atoms with Gasteiger partial charge in [-0.3, -0.25) is 10.1 Å². The number of nitrogens with zero attached hydrogens (tertiary/aromatic N) is 2. The first-order chi connectivity index (χ1) is 13.3. The fourth-order valence-electron chi connectivity index (χ4n) is 5.11. The molecule has 136 valence electrons. The SMILES string of the molecule is NC1=NCc2ccc([C@@H]3Nc4ccc5[nH]ncc5c4[C@H]4NCCC[C@H]43)cc21. The number of aliphatic imine (C=N–C) groups is 1. The van der Waals surface area contributed by atoms with E-state index >= 15 is 0 Å². The lowest BCUT2D eigenvalue weighted by Crippen LogP contribution is -2.42. The number of hydrogen-bond donors (Lipinski definition) is 4. The summed E-state index contributed by atoms with van der Waals surface area (Å²) in [6.07, 6.45) is 4.35. The highest BCUT2D eigenvalue weighted by atomic mass is 15.1. The second-order valence-corrected chi connectivity index (χ2v) is 7.84. The minimum atomic E-state index is 0.262. The van der Waals surface area contributed by atoms with E-state index in [1.54, 1.807) is 0 Å². The molecule has 0 unspecified atom stereocenters. The second kappa shape index (κ2) is 5.57. The van der Waals surface area contributed by atoms with Crippen LogP contribution in [0, 0.1) is 5.92 Å². The first-order valence-electron chi connectivity index (χ1n) is 9.68. The molecule has 0 spiro atoms. The van der Waals surface area contributed by atoms with Crippen molar-refractivity contribution >= 4 is 22.4 Å². The van der Waals surface area contributed by atoms with Crippen molar-refractivity contribution in [3.05, 3.63) is 58.8 Å². The number of fused-ring (bicyclic) bond motifs is 6. The number of nitrogens with two attached hydrogens (primary N) is 1. The minimum absolute atomic E-state index is 0.262. The van der Waals surface area contributed by atoms with Gasteiger partial charge in [0.05, 0.1) is 24.3 Å². The molecule has 0 aliphatic carbocycles. The van der Waals surface area contributed by atoms with E-state index in [0.717, 1.165) is 17.6 Å². The third-order valence-corrected chi connectivity index (χ3v) is 6.41. The van der Waals surface area contributed by atoms with Gasteiger partial charge < -0.3 is 16.4 Å². The van der Waals surface area contributed by atoms with E-state index in [-0.39, 0.29) is 6.04 Å². The molecule has 1 aromatic heterocycles. The molecule has 6 heteroatoms. The van der Waals surface area contributed by atoms with Crippen molar-refractivity contribution in [2.45, 2.75) is 31.5 Å². The van der Waals surface area contributed by atoms with Gasteiger partial charge in [0.2, 0.25) is 0 Å². The predicted molar refractivity (Wildman–Crippen MR) is 107 cm³/mol. The van der Waals surface area contributed by atoms with Crippen molar-refractivity contribution in [2.24, 2.45) is 16.6 Å². The second-order valence-electron chi connectivity index (χ2n) is 7.84. The average molecular weight is 358 g/mol. The molecule has 1 fully saturated rings. The summed E-state index contributed by atoms with van der Waals surface area (Å²) < 4.78 is 0. The smallest absolute Gasteiger partial charge is 0.126 e. The number of hydrogen-bond acceptors (Lipinski definition) is 5. The monoisotopic (exact) mass is 358 g/mol. The molecule has 0 amide bonds. The Kier molecular flexibility index (Phi) is 3.14. The molecule has 0 radical (unpaired) electrons. The third kappa shape index (κ3) is 2.16. The van der Waals surface area contributed by atoms with Crippen LogP contribution in [-0.4, -0.2) is 22.6 Å². The molecule has 27 heavy (non-hydrogen) atoms. The van der Waals surface area contributed by atoms with Gasteiger partial charge in [-0.2, -0.15) is 5.10 Å². The average Bonchev–Trinajstić information content (AvgIpc) is 3.33. The Labute approximate surface area is 157 Å². The van der Waals surface area contributed by atoms with Crippen LogP contribution in [0.15, 0.2) is 41.5 Å². The third-order valence-electron chi connectivity index (χ3n) is 6.41. The number of aromatic amines is 1. The molecule has 1 saturated heterocycles. The van der Waals surface area contributed by atoms with E-state index in [4.69, 9.17) is 5.73 Å². The molecule has 4 heterocycles. The summed E-state index contributed by atoms with van der Waals surface area (Å²) in [5, 5.41) is 16.2. The lowest BCUT2D eigenvalue weighted by atomic mass is 9.74. The van der Waals surface area contributed by atoms with Crippen LogP contribution in [0.2, 0.25) is 0 Å². The van der Waals surface area contributed by atoms with Crippen LogP contribution in [0.3, 0.4) is 0 Å². The van der Waals surface area contributed by atoms with Crippen LogP contribution >= 0.6 is 0 Å². The zero-order chi connectivity index (χ0) is 18.0. The standard InChI is InChI=1S/C21H22N6/c22-21-14-8-11(3-4-12(14)9-24-21)19-13-2-1-7-23-20(13)18-15-10-25-27-16(15)5-6-17(18)26-19/h3-6,8,10,13,19-20,23,26H,1-2,7,9H2,(H2,22,24)(H,25,27)/t13-,19-,20-/m0/s1. The van der Waals surface area contributed by atoms with E-state index in [1.807, 2.05) is 6.20 Å². The van der Waals surface area contributed by atoms with Gasteiger partial charge in [0.15, 0.2) is 0 Å². The van der Waals surface area contributed by atoms with Gasteiger partial charge in [-0.05, 0) is 48.7 Å². The molecule has 6 rings (SSSR count). The van der Waals surface area contributed by atoms with Crippen LogP contribution in [0.25, 0.3) is 10.9 Å². The highest BCUT2D eigenvalue weighted by Gasteiger charge is 2.40. The van der Waals surface area contributed by atoms with Gasteiger partial charge in [0.25, 0.3) is 0 Å². The zero-order valence-corrected chi connectivity index (χ0v) is 15.0. The van der Waals surface area contributed by atoms with E-state index < -0.39 is 0 Å². The first-order valence-corrected chi connectivity index (χ1v) is 9.68. The molecular weight excluding hydrogens is 336 g/mol. The zero-order valence-electron chi connectivity index (χ0n) is 15.0. The van der Waals surface area contributed by atoms with Gasteiger partial charge in [-0.25, -0.2) is 0 Å². The van der Waals surface area contributed by atoms with Crippen molar-refractivity contribution in [3.8, 4) is 0 Å². The van der Waals surface area contributed by atoms with Crippen LogP contribution in [0.4, 0.5) is 5.69 Å². The number of rotatable bonds is 1. The Morgan fingerprint density at radius 1 is 1.11 bits per heavy atom. The van der Waals surface area contributed by atoms with Crippen LogP contribution in [0.1, 0.15) is 47.2 Å². The van der Waals surface area contributed by atoms with Gasteiger partial charge >= 0.3 is 0 Å². The summed E-state index contributed by atoms with van der Waals surface area (Å²) in [6, 6.07) is 11.6. The largest absolute Gasteiger partial charge is 0.383 e. The molecule has 0 saturated carbocycles. The van der Waals surface area contributed by atoms with Crippen LogP contribution in [-0.2, 0) is 6.54 Å². The van der Waals surface area contributed by atoms with Gasteiger partial charge in [-0.1, -0.05) is 12.1 Å². The molecule has 0 bridgehead atoms. The van der Waals surface area contributed by atoms with Gasteiger partial charge in [0, 0.05) is 34.2 Å². The molecule has 2 aromatic carbocycles. The fraction of sp³-hybridized carbons (Fsp3) is 0.333. The van der Waals surface area contributed by atoms with Crippen LogP contribution in [0.5, 0.6) is 0 Å². The quantitative estimate of drug-likeness (QED) is 0.538. The van der Waals surface area contributed by atoms with E-state index in [0.29, 0.717) is 24.3 Å². The molecule has 3 aliphatic heterocycles. The Bertz CT molecular complexity index is 1080. The maximum atomic E-state index is 6.11. The maximum Gasteiger partial charge on any atom is 0.126 e. The topological polar surface area (TPSA) is 91.1 Å². The highest BCUT2D eigenvalue weighted by molar-refractivity contribution is 6.01. The normalized spacial score (nSPS) is 26.1. The maximum absolute atomic E-state index is 6.11. The van der Waals surface area contributed by atoms with Crippen molar-refractivity contribution in [1.29, 1.82) is 0 Å². The van der Waals surface area contributed by atoms with Gasteiger partial charge in [0.1, 0.15) is 5.84 Å². The Morgan fingerprint density at radius 3 is 3.04 bits per heavy atom. The number of amidine groups is 1. The summed E-state index contributed by atoms with van der Waals surface area (Å²) in [6.45, 7) is 1.76. The predicted octanol–water partition coefficient (Wildman–Crippen LogP) is 2.99. The molecule has 5 N–H and O–H groups in total. The number of H-pyrrole nitrogens is 1. The molecule has 3 atom stereocenters. The molecule has 3 aliphatic rings. The summed E-state index contributed by atoms with van der Waals surface area (Å²) in [7, 11) is 0. The molecular formula is C21H22N6. The van der Waals surface area contributed by atoms with Crippen LogP contribution < -0.4 is 16.4 Å².